The van der Waals surface area contributed by atoms with Crippen molar-refractivity contribution in [3.63, 3.8) is 0 Å². The van der Waals surface area contributed by atoms with Crippen LogP contribution >= 0.6 is 0 Å². The Kier molecular flexibility index (Phi) is 4.71. The van der Waals surface area contributed by atoms with Gasteiger partial charge in [0.05, 0.1) is 5.56 Å². The number of fused-ring (bicyclic) bond motifs is 1. The van der Waals surface area contributed by atoms with Gasteiger partial charge in [0, 0.05) is 5.70 Å². The fourth-order valence-corrected chi connectivity index (χ4v) is 3.35. The molecule has 0 unspecified atom stereocenters. The number of hydrogen-bond donors (Lipinski definition) is 3. The highest BCUT2D eigenvalue weighted by Gasteiger charge is 2.26. The number of rotatable bonds is 3. The number of phenols is 1. The fraction of sp³-hybridized carbons (Fsp3) is 0.381. The van der Waals surface area contributed by atoms with Crippen molar-refractivity contribution in [2.24, 2.45) is 11.3 Å². The molecule has 3 N–H and O–H groups in total. The Hall–Kier alpha value is -2.49. The van der Waals surface area contributed by atoms with Gasteiger partial charge in [0.1, 0.15) is 5.75 Å². The highest BCUT2D eigenvalue weighted by molar-refractivity contribution is 6.01. The van der Waals surface area contributed by atoms with E-state index in [9.17, 15) is 9.90 Å². The third-order valence-electron chi connectivity index (χ3n) is 5.08. The van der Waals surface area contributed by atoms with Gasteiger partial charge in [-0.15, -0.1) is 0 Å². The van der Waals surface area contributed by atoms with Gasteiger partial charge in [-0.3, -0.25) is 10.2 Å². The number of carbonyl (C=O) groups excluding carboxylic acids is 1. The van der Waals surface area contributed by atoms with Gasteiger partial charge in [-0.05, 0) is 53.5 Å². The smallest absolute Gasteiger partial charge is 0.273 e. The van der Waals surface area contributed by atoms with Crippen molar-refractivity contribution in [2.45, 2.75) is 40.0 Å². The normalized spacial score (nSPS) is 17.9. The van der Waals surface area contributed by atoms with Gasteiger partial charge < -0.3 is 10.5 Å². The topological polar surface area (TPSA) is 61.4 Å². The maximum Gasteiger partial charge on any atom is 0.273 e. The van der Waals surface area contributed by atoms with Crippen LogP contribution in [-0.2, 0) is 0 Å². The summed E-state index contributed by atoms with van der Waals surface area (Å²) >= 11 is 0. The number of nitrogens with one attached hydrogen (secondary N) is 2. The van der Waals surface area contributed by atoms with Crippen LogP contribution in [0.1, 0.15) is 50.4 Å². The van der Waals surface area contributed by atoms with Crippen LogP contribution in [0.4, 0.5) is 0 Å². The first kappa shape index (κ1) is 17.3. The summed E-state index contributed by atoms with van der Waals surface area (Å²) in [5.41, 5.74) is 7.35. The number of benzene rings is 2. The largest absolute Gasteiger partial charge is 0.507 e. The predicted octanol–water partition coefficient (Wildman–Crippen LogP) is 4.51. The fourth-order valence-electron chi connectivity index (χ4n) is 3.35. The van der Waals surface area contributed by atoms with E-state index < -0.39 is 0 Å². The number of carbonyl (C=O) groups is 1. The quantitative estimate of drug-likeness (QED) is 0.722. The van der Waals surface area contributed by atoms with Gasteiger partial charge in [0.2, 0.25) is 0 Å². The third-order valence-corrected chi connectivity index (χ3v) is 5.08. The highest BCUT2D eigenvalue weighted by atomic mass is 16.3. The number of aromatic hydroxyl groups is 1. The summed E-state index contributed by atoms with van der Waals surface area (Å²) in [6.45, 7) is 6.82. The number of allylic oxidation sites excluding steroid dienone is 2. The number of amides is 1. The molecular weight excluding hydrogens is 312 g/mol. The maximum absolute atomic E-state index is 12.4. The second kappa shape index (κ2) is 6.79. The standard InChI is InChI=1S/C21H26N2O2/c1-21(2,3)16-8-10-17(11-9-16)22-23-20(25)18-12-14-6-4-5-7-15(14)13-19(18)24/h4-7,10,12-13,16,22,24H,8-9,11H2,1-3H3,(H,23,25)/t16-/m0/s1. The van der Waals surface area contributed by atoms with E-state index in [1.165, 1.54) is 0 Å². The molecule has 0 aromatic heterocycles. The first-order chi connectivity index (χ1) is 11.8. The molecule has 1 amide bonds. The molecule has 132 valence electrons. The lowest BCUT2D eigenvalue weighted by molar-refractivity contribution is 0.0934. The molecule has 0 heterocycles. The van der Waals surface area contributed by atoms with E-state index in [0.717, 1.165) is 35.7 Å². The van der Waals surface area contributed by atoms with Gasteiger partial charge in [-0.25, -0.2) is 0 Å². The van der Waals surface area contributed by atoms with E-state index in [2.05, 4.69) is 37.7 Å². The monoisotopic (exact) mass is 338 g/mol. The lowest BCUT2D eigenvalue weighted by atomic mass is 9.74. The summed E-state index contributed by atoms with van der Waals surface area (Å²) in [7, 11) is 0. The van der Waals surface area contributed by atoms with Crippen LogP contribution in [0.2, 0.25) is 0 Å². The summed E-state index contributed by atoms with van der Waals surface area (Å²) in [4.78, 5) is 12.4. The van der Waals surface area contributed by atoms with Crippen molar-refractivity contribution in [2.75, 3.05) is 0 Å². The van der Waals surface area contributed by atoms with E-state index in [0.29, 0.717) is 11.3 Å². The first-order valence-corrected chi connectivity index (χ1v) is 8.82. The van der Waals surface area contributed by atoms with Gasteiger partial charge in [0.15, 0.2) is 0 Å². The molecule has 2 aromatic carbocycles. The predicted molar refractivity (Wildman–Crippen MR) is 101 cm³/mol. The van der Waals surface area contributed by atoms with Crippen LogP contribution in [-0.4, -0.2) is 11.0 Å². The van der Waals surface area contributed by atoms with Crippen LogP contribution in [0, 0.1) is 11.3 Å². The molecule has 1 aliphatic carbocycles. The highest BCUT2D eigenvalue weighted by Crippen LogP contribution is 2.36. The molecule has 0 fully saturated rings. The Morgan fingerprint density at radius 1 is 1.16 bits per heavy atom. The molecule has 0 aliphatic heterocycles. The SMILES string of the molecule is CC(C)(C)[C@H]1CC=C(NNC(=O)c2cc3ccccc3cc2O)CC1. The first-order valence-electron chi connectivity index (χ1n) is 8.82. The van der Waals surface area contributed by atoms with Crippen molar-refractivity contribution in [3.05, 3.63) is 53.7 Å². The second-order valence-electron chi connectivity index (χ2n) is 7.86. The van der Waals surface area contributed by atoms with Crippen LogP contribution in [0.15, 0.2) is 48.2 Å². The zero-order valence-electron chi connectivity index (χ0n) is 15.1. The Bertz CT molecular complexity index is 818. The van der Waals surface area contributed by atoms with Gasteiger partial charge in [-0.1, -0.05) is 51.1 Å². The number of hydrazine groups is 1. The third kappa shape index (κ3) is 3.95. The Morgan fingerprint density at radius 3 is 2.44 bits per heavy atom. The van der Waals surface area contributed by atoms with Gasteiger partial charge in [0.25, 0.3) is 5.91 Å². The molecule has 3 rings (SSSR count). The maximum atomic E-state index is 12.4. The van der Waals surface area contributed by atoms with Crippen LogP contribution in [0.25, 0.3) is 10.8 Å². The lowest BCUT2D eigenvalue weighted by Gasteiger charge is -2.33. The minimum atomic E-state index is -0.331. The molecule has 0 radical (unpaired) electrons. The Balaban J connectivity index is 1.66. The summed E-state index contributed by atoms with van der Waals surface area (Å²) in [6.07, 6.45) is 5.22. The van der Waals surface area contributed by atoms with E-state index >= 15 is 0 Å². The molecule has 0 saturated carbocycles. The van der Waals surface area contributed by atoms with Crippen LogP contribution < -0.4 is 10.9 Å². The van der Waals surface area contributed by atoms with Crippen molar-refractivity contribution in [3.8, 4) is 5.75 Å². The molecule has 0 bridgehead atoms. The summed E-state index contributed by atoms with van der Waals surface area (Å²) < 4.78 is 0. The molecule has 1 atom stereocenters. The number of phenolic OH excluding ortho intramolecular Hbond substituents is 1. The molecule has 25 heavy (non-hydrogen) atoms. The van der Waals surface area contributed by atoms with Crippen molar-refractivity contribution in [1.82, 2.24) is 10.9 Å². The molecule has 1 aliphatic rings. The van der Waals surface area contributed by atoms with Crippen molar-refractivity contribution in [1.29, 1.82) is 0 Å². The number of hydrogen-bond acceptors (Lipinski definition) is 3. The van der Waals surface area contributed by atoms with Gasteiger partial charge >= 0.3 is 0 Å². The molecule has 2 aromatic rings. The Morgan fingerprint density at radius 2 is 1.84 bits per heavy atom. The molecule has 4 nitrogen and oxygen atoms in total. The van der Waals surface area contributed by atoms with Gasteiger partial charge in [-0.2, -0.15) is 0 Å². The molecule has 0 spiro atoms. The Labute approximate surface area is 148 Å². The van der Waals surface area contributed by atoms with E-state index in [-0.39, 0.29) is 17.2 Å². The molecule has 4 heteroatoms. The van der Waals surface area contributed by atoms with E-state index in [4.69, 9.17) is 0 Å². The zero-order valence-corrected chi connectivity index (χ0v) is 15.1. The lowest BCUT2D eigenvalue weighted by Crippen LogP contribution is -2.38. The molecular formula is C21H26N2O2. The minimum Gasteiger partial charge on any atom is -0.507 e. The van der Waals surface area contributed by atoms with E-state index in [1.54, 1.807) is 12.1 Å². The van der Waals surface area contributed by atoms with Crippen LogP contribution in [0.3, 0.4) is 0 Å². The zero-order chi connectivity index (χ0) is 18.0. The van der Waals surface area contributed by atoms with Crippen LogP contribution in [0.5, 0.6) is 5.75 Å². The summed E-state index contributed by atoms with van der Waals surface area (Å²) in [6, 6.07) is 11.0. The summed E-state index contributed by atoms with van der Waals surface area (Å²) in [5, 5.41) is 12.0. The average molecular weight is 338 g/mol. The summed E-state index contributed by atoms with van der Waals surface area (Å²) in [5.74, 6) is 0.323. The molecule has 0 saturated heterocycles. The average Bonchev–Trinajstić information content (AvgIpc) is 2.58. The van der Waals surface area contributed by atoms with Crippen molar-refractivity contribution >= 4 is 16.7 Å². The van der Waals surface area contributed by atoms with E-state index in [1.807, 2.05) is 24.3 Å². The minimum absolute atomic E-state index is 0.0107. The second-order valence-corrected chi connectivity index (χ2v) is 7.86. The van der Waals surface area contributed by atoms with Crippen molar-refractivity contribution < 1.29 is 9.90 Å².